The quantitative estimate of drug-likeness (QED) is 0.663. The molecule has 166 valence electrons. The summed E-state index contributed by atoms with van der Waals surface area (Å²) in [5.74, 6) is 0.490. The standard InChI is InChI=1S/C24H31N3O4/c1-24(2,3)31-22(28)26(4)21-19(13-10-15-25-21)20-14-8-9-16-27(20)23(29)30-17-18-11-6-5-7-12-18/h5-7,10-13,15,20H,8-9,14,16-17H2,1-4H3/t20-/m0/s1. The molecule has 3 rings (SSSR count). The normalized spacial score (nSPS) is 16.5. The van der Waals surface area contributed by atoms with Crippen LogP contribution in [0.5, 0.6) is 0 Å². The van der Waals surface area contributed by atoms with Crippen LogP contribution in [-0.4, -0.2) is 41.3 Å². The van der Waals surface area contributed by atoms with Gasteiger partial charge in [0.2, 0.25) is 0 Å². The fourth-order valence-electron chi connectivity index (χ4n) is 3.64. The summed E-state index contributed by atoms with van der Waals surface area (Å²) in [6, 6.07) is 13.1. The second kappa shape index (κ2) is 9.81. The molecular weight excluding hydrogens is 394 g/mol. The van der Waals surface area contributed by atoms with E-state index < -0.39 is 11.7 Å². The van der Waals surface area contributed by atoms with Crippen molar-refractivity contribution in [1.29, 1.82) is 0 Å². The SMILES string of the molecule is CN(C(=O)OC(C)(C)C)c1ncccc1[C@@H]1CCCCN1C(=O)OCc1ccccc1. The predicted molar refractivity (Wildman–Crippen MR) is 119 cm³/mol. The lowest BCUT2D eigenvalue weighted by Gasteiger charge is -2.36. The van der Waals surface area contributed by atoms with Crippen molar-refractivity contribution in [2.24, 2.45) is 0 Å². The molecule has 0 aliphatic carbocycles. The first-order valence-corrected chi connectivity index (χ1v) is 10.7. The van der Waals surface area contributed by atoms with Crippen molar-refractivity contribution < 1.29 is 19.1 Å². The minimum absolute atomic E-state index is 0.217. The zero-order valence-electron chi connectivity index (χ0n) is 18.7. The van der Waals surface area contributed by atoms with E-state index in [2.05, 4.69) is 4.98 Å². The third-order valence-corrected chi connectivity index (χ3v) is 5.10. The predicted octanol–water partition coefficient (Wildman–Crippen LogP) is 5.32. The number of pyridine rings is 1. The fraction of sp³-hybridized carbons (Fsp3) is 0.458. The second-order valence-electron chi connectivity index (χ2n) is 8.70. The lowest BCUT2D eigenvalue weighted by atomic mass is 9.96. The number of nitrogens with zero attached hydrogens (tertiary/aromatic N) is 3. The summed E-state index contributed by atoms with van der Waals surface area (Å²) in [6.07, 6.45) is 3.47. The Morgan fingerprint density at radius 2 is 1.87 bits per heavy atom. The van der Waals surface area contributed by atoms with Crippen LogP contribution in [0, 0.1) is 0 Å². The van der Waals surface area contributed by atoms with Crippen molar-refractivity contribution in [3.05, 3.63) is 59.8 Å². The largest absolute Gasteiger partial charge is 0.445 e. The molecule has 0 saturated carbocycles. The summed E-state index contributed by atoms with van der Waals surface area (Å²) in [5.41, 5.74) is 1.14. The average Bonchev–Trinajstić information content (AvgIpc) is 2.76. The van der Waals surface area contributed by atoms with E-state index in [1.54, 1.807) is 18.1 Å². The number of anilines is 1. The van der Waals surface area contributed by atoms with E-state index in [0.717, 1.165) is 30.4 Å². The van der Waals surface area contributed by atoms with Gasteiger partial charge in [-0.1, -0.05) is 36.4 Å². The number of hydrogen-bond donors (Lipinski definition) is 0. The van der Waals surface area contributed by atoms with E-state index in [4.69, 9.17) is 9.47 Å². The number of rotatable bonds is 4. The van der Waals surface area contributed by atoms with Gasteiger partial charge in [-0.05, 0) is 51.7 Å². The molecule has 1 fully saturated rings. The highest BCUT2D eigenvalue weighted by molar-refractivity contribution is 5.87. The van der Waals surface area contributed by atoms with Crippen LogP contribution in [0.15, 0.2) is 48.7 Å². The van der Waals surface area contributed by atoms with E-state index in [1.165, 1.54) is 4.90 Å². The van der Waals surface area contributed by atoms with Crippen molar-refractivity contribution in [1.82, 2.24) is 9.88 Å². The summed E-state index contributed by atoms with van der Waals surface area (Å²) in [5, 5.41) is 0. The molecule has 1 aliphatic rings. The molecule has 1 saturated heterocycles. The summed E-state index contributed by atoms with van der Waals surface area (Å²) >= 11 is 0. The number of amides is 2. The molecule has 2 heterocycles. The third-order valence-electron chi connectivity index (χ3n) is 5.10. The van der Waals surface area contributed by atoms with Gasteiger partial charge in [-0.15, -0.1) is 0 Å². The molecule has 1 aromatic heterocycles. The number of likely N-dealkylation sites (tertiary alicyclic amines) is 1. The third kappa shape index (κ3) is 5.96. The van der Waals surface area contributed by atoms with Crippen LogP contribution in [-0.2, 0) is 16.1 Å². The summed E-state index contributed by atoms with van der Waals surface area (Å²) in [7, 11) is 1.64. The molecule has 2 amide bonds. The van der Waals surface area contributed by atoms with Crippen LogP contribution < -0.4 is 4.90 Å². The Hall–Kier alpha value is -3.09. The van der Waals surface area contributed by atoms with Crippen molar-refractivity contribution in [3.8, 4) is 0 Å². The van der Waals surface area contributed by atoms with Gasteiger partial charge in [0.15, 0.2) is 0 Å². The average molecular weight is 426 g/mol. The van der Waals surface area contributed by atoms with Gasteiger partial charge in [0.05, 0.1) is 6.04 Å². The first-order chi connectivity index (χ1) is 14.8. The Labute approximate surface area is 184 Å². The number of aromatic nitrogens is 1. The zero-order chi connectivity index (χ0) is 22.4. The van der Waals surface area contributed by atoms with Gasteiger partial charge in [0, 0.05) is 25.4 Å². The molecule has 1 aromatic carbocycles. The van der Waals surface area contributed by atoms with E-state index in [-0.39, 0.29) is 18.7 Å². The number of hydrogen-bond acceptors (Lipinski definition) is 5. The smallest absolute Gasteiger partial charge is 0.415 e. The topological polar surface area (TPSA) is 72.0 Å². The lowest BCUT2D eigenvalue weighted by Crippen LogP contribution is -2.40. The van der Waals surface area contributed by atoms with E-state index >= 15 is 0 Å². The van der Waals surface area contributed by atoms with Gasteiger partial charge in [-0.3, -0.25) is 4.90 Å². The van der Waals surface area contributed by atoms with Crippen LogP contribution in [0.25, 0.3) is 0 Å². The summed E-state index contributed by atoms with van der Waals surface area (Å²) < 4.78 is 11.1. The molecule has 0 bridgehead atoms. The minimum atomic E-state index is -0.613. The van der Waals surface area contributed by atoms with E-state index in [0.29, 0.717) is 12.4 Å². The Balaban J connectivity index is 1.79. The van der Waals surface area contributed by atoms with Gasteiger partial charge in [-0.2, -0.15) is 0 Å². The molecule has 1 atom stereocenters. The van der Waals surface area contributed by atoms with E-state index in [1.807, 2.05) is 63.2 Å². The highest BCUT2D eigenvalue weighted by Gasteiger charge is 2.33. The maximum atomic E-state index is 12.9. The number of carbonyl (C=O) groups is 2. The van der Waals surface area contributed by atoms with Crippen LogP contribution in [0.2, 0.25) is 0 Å². The molecule has 0 spiro atoms. The molecular formula is C24H31N3O4. The molecule has 0 unspecified atom stereocenters. The van der Waals surface area contributed by atoms with Crippen molar-refractivity contribution in [3.63, 3.8) is 0 Å². The highest BCUT2D eigenvalue weighted by Crippen LogP contribution is 2.36. The summed E-state index contributed by atoms with van der Waals surface area (Å²) in [4.78, 5) is 33.2. The van der Waals surface area contributed by atoms with Gasteiger partial charge in [0.1, 0.15) is 18.0 Å². The number of ether oxygens (including phenoxy) is 2. The Morgan fingerprint density at radius 1 is 1.13 bits per heavy atom. The molecule has 31 heavy (non-hydrogen) atoms. The lowest BCUT2D eigenvalue weighted by molar-refractivity contribution is 0.0586. The van der Waals surface area contributed by atoms with Crippen LogP contribution in [0.1, 0.15) is 57.2 Å². The maximum Gasteiger partial charge on any atom is 0.415 e. The van der Waals surface area contributed by atoms with Gasteiger partial charge < -0.3 is 14.4 Å². The van der Waals surface area contributed by atoms with Crippen molar-refractivity contribution in [2.45, 2.75) is 58.3 Å². The zero-order valence-corrected chi connectivity index (χ0v) is 18.7. The number of benzene rings is 1. The van der Waals surface area contributed by atoms with E-state index in [9.17, 15) is 9.59 Å². The van der Waals surface area contributed by atoms with Gasteiger partial charge >= 0.3 is 12.2 Å². The highest BCUT2D eigenvalue weighted by atomic mass is 16.6. The maximum absolute atomic E-state index is 12.9. The molecule has 2 aromatic rings. The van der Waals surface area contributed by atoms with Gasteiger partial charge in [0.25, 0.3) is 0 Å². The minimum Gasteiger partial charge on any atom is -0.445 e. The molecule has 0 radical (unpaired) electrons. The Kier molecular flexibility index (Phi) is 7.15. The van der Waals surface area contributed by atoms with Crippen LogP contribution in [0.4, 0.5) is 15.4 Å². The van der Waals surface area contributed by atoms with Crippen molar-refractivity contribution in [2.75, 3.05) is 18.5 Å². The Bertz CT molecular complexity index is 895. The molecule has 7 heteroatoms. The first-order valence-electron chi connectivity index (χ1n) is 10.7. The van der Waals surface area contributed by atoms with Crippen molar-refractivity contribution >= 4 is 18.0 Å². The summed E-state index contributed by atoms with van der Waals surface area (Å²) in [6.45, 7) is 6.29. The second-order valence-corrected chi connectivity index (χ2v) is 8.70. The number of piperidine rings is 1. The molecule has 1 aliphatic heterocycles. The van der Waals surface area contributed by atoms with Crippen LogP contribution in [0.3, 0.4) is 0 Å². The Morgan fingerprint density at radius 3 is 2.58 bits per heavy atom. The molecule has 7 nitrogen and oxygen atoms in total. The monoisotopic (exact) mass is 425 g/mol. The molecule has 0 N–H and O–H groups in total. The fourth-order valence-corrected chi connectivity index (χ4v) is 3.64. The number of carbonyl (C=O) groups excluding carboxylic acids is 2. The van der Waals surface area contributed by atoms with Gasteiger partial charge in [-0.25, -0.2) is 14.6 Å². The van der Waals surface area contributed by atoms with Crippen LogP contribution >= 0.6 is 0 Å². The first kappa shape index (κ1) is 22.6.